The number of hydrogen-bond donors (Lipinski definition) is 2. The van der Waals surface area contributed by atoms with Gasteiger partial charge in [-0.05, 0) is 36.8 Å². The van der Waals surface area contributed by atoms with Crippen LogP contribution in [-0.2, 0) is 22.5 Å². The maximum Gasteiger partial charge on any atom is 0.343 e. The van der Waals surface area contributed by atoms with Gasteiger partial charge in [0, 0.05) is 20.3 Å². The minimum atomic E-state index is -0.259. The minimum Gasteiger partial charge on any atom is -0.385 e. The van der Waals surface area contributed by atoms with Gasteiger partial charge in [-0.1, -0.05) is 36.0 Å². The number of fused-ring (bicyclic) bond motifs is 1. The van der Waals surface area contributed by atoms with Gasteiger partial charge in [0.05, 0.1) is 11.8 Å². The van der Waals surface area contributed by atoms with Crippen molar-refractivity contribution < 1.29 is 9.53 Å². The topological polar surface area (TPSA) is 89.0 Å². The molecule has 1 atom stereocenters. The summed E-state index contributed by atoms with van der Waals surface area (Å²) in [5.74, 6) is 0.184. The molecule has 0 unspecified atom stereocenters. The van der Waals surface area contributed by atoms with E-state index in [1.807, 2.05) is 12.1 Å². The zero-order valence-electron chi connectivity index (χ0n) is 14.9. The average molecular weight is 376 g/mol. The summed E-state index contributed by atoms with van der Waals surface area (Å²) in [4.78, 5) is 24.2. The van der Waals surface area contributed by atoms with E-state index < -0.39 is 0 Å². The highest BCUT2D eigenvalue weighted by atomic mass is 32.2. The van der Waals surface area contributed by atoms with Crippen molar-refractivity contribution in [3.63, 3.8) is 0 Å². The zero-order chi connectivity index (χ0) is 18.4. The highest BCUT2D eigenvalue weighted by molar-refractivity contribution is 7.99. The maximum atomic E-state index is 12.4. The van der Waals surface area contributed by atoms with E-state index >= 15 is 0 Å². The van der Waals surface area contributed by atoms with E-state index in [9.17, 15) is 9.59 Å². The van der Waals surface area contributed by atoms with Gasteiger partial charge >= 0.3 is 5.69 Å². The number of carbonyl (C=O) groups excluding carboxylic acids is 1. The van der Waals surface area contributed by atoms with Gasteiger partial charge in [-0.15, -0.1) is 5.10 Å². The predicted octanol–water partition coefficient (Wildman–Crippen LogP) is 1.89. The molecule has 1 aromatic heterocycles. The Hall–Kier alpha value is -2.06. The number of nitrogens with one attached hydrogen (secondary N) is 2. The van der Waals surface area contributed by atoms with Crippen LogP contribution in [0, 0.1) is 0 Å². The van der Waals surface area contributed by atoms with E-state index in [4.69, 9.17) is 4.74 Å². The lowest BCUT2D eigenvalue weighted by atomic mass is 9.88. The molecule has 2 aromatic rings. The van der Waals surface area contributed by atoms with Gasteiger partial charge in [-0.25, -0.2) is 9.89 Å². The summed E-state index contributed by atoms with van der Waals surface area (Å²) in [5.41, 5.74) is 2.27. The number of nitrogens with zero attached hydrogens (tertiary/aromatic N) is 2. The number of hydrogen-bond acceptors (Lipinski definition) is 5. The number of methoxy groups -OCH3 is 1. The van der Waals surface area contributed by atoms with Crippen LogP contribution in [0.15, 0.2) is 34.2 Å². The normalized spacial score (nSPS) is 16.3. The molecule has 0 spiro atoms. The van der Waals surface area contributed by atoms with Crippen molar-refractivity contribution in [2.45, 2.75) is 43.4 Å². The molecule has 2 N–H and O–H groups in total. The van der Waals surface area contributed by atoms with Crippen LogP contribution in [0.1, 0.15) is 36.4 Å². The Morgan fingerprint density at radius 2 is 2.31 bits per heavy atom. The van der Waals surface area contributed by atoms with Gasteiger partial charge in [0.25, 0.3) is 0 Å². The highest BCUT2D eigenvalue weighted by Gasteiger charge is 2.21. The van der Waals surface area contributed by atoms with Crippen molar-refractivity contribution in [2.24, 2.45) is 0 Å². The Labute approximate surface area is 156 Å². The van der Waals surface area contributed by atoms with Crippen molar-refractivity contribution in [2.75, 3.05) is 19.5 Å². The first-order valence-electron chi connectivity index (χ1n) is 8.83. The van der Waals surface area contributed by atoms with Gasteiger partial charge in [0.15, 0.2) is 5.16 Å². The number of carbonyl (C=O) groups is 1. The smallest absolute Gasteiger partial charge is 0.343 e. The van der Waals surface area contributed by atoms with Crippen LogP contribution in [0.3, 0.4) is 0 Å². The second kappa shape index (κ2) is 9.05. The van der Waals surface area contributed by atoms with Crippen LogP contribution < -0.4 is 11.0 Å². The molecule has 1 amide bonds. The third-order valence-electron chi connectivity index (χ3n) is 4.49. The highest BCUT2D eigenvalue weighted by Crippen LogP contribution is 2.29. The van der Waals surface area contributed by atoms with Crippen LogP contribution in [-0.4, -0.2) is 40.1 Å². The largest absolute Gasteiger partial charge is 0.385 e. The van der Waals surface area contributed by atoms with Crippen LogP contribution >= 0.6 is 11.8 Å². The third-order valence-corrected chi connectivity index (χ3v) is 5.47. The summed E-state index contributed by atoms with van der Waals surface area (Å²) in [5, 5.41) is 10.1. The molecule has 0 fully saturated rings. The van der Waals surface area contributed by atoms with Crippen molar-refractivity contribution in [1.82, 2.24) is 20.1 Å². The molecule has 140 valence electrons. The van der Waals surface area contributed by atoms with E-state index in [1.54, 1.807) is 11.7 Å². The Morgan fingerprint density at radius 3 is 3.15 bits per heavy atom. The fourth-order valence-electron chi connectivity index (χ4n) is 3.25. The van der Waals surface area contributed by atoms with E-state index in [0.29, 0.717) is 24.7 Å². The summed E-state index contributed by atoms with van der Waals surface area (Å²) in [6, 6.07) is 8.34. The van der Waals surface area contributed by atoms with E-state index in [2.05, 4.69) is 27.6 Å². The summed E-state index contributed by atoms with van der Waals surface area (Å²) in [6.45, 7) is 1.09. The number of benzene rings is 1. The average Bonchev–Trinajstić information content (AvgIpc) is 3.00. The van der Waals surface area contributed by atoms with Gasteiger partial charge in [-0.2, -0.15) is 0 Å². The molecule has 3 rings (SSSR count). The number of ether oxygens (including phenoxy) is 1. The Bertz CT molecular complexity index is 802. The summed E-state index contributed by atoms with van der Waals surface area (Å²) in [7, 11) is 1.63. The second-order valence-electron chi connectivity index (χ2n) is 6.31. The van der Waals surface area contributed by atoms with Crippen LogP contribution in [0.4, 0.5) is 0 Å². The molecule has 0 aliphatic heterocycles. The van der Waals surface area contributed by atoms with Crippen LogP contribution in [0.25, 0.3) is 0 Å². The number of rotatable bonds is 8. The van der Waals surface area contributed by atoms with Gasteiger partial charge in [0.1, 0.15) is 0 Å². The molecule has 0 radical (unpaired) electrons. The van der Waals surface area contributed by atoms with Crippen molar-refractivity contribution in [3.05, 3.63) is 45.9 Å². The molecule has 7 nitrogen and oxygen atoms in total. The Kier molecular flexibility index (Phi) is 6.51. The predicted molar refractivity (Wildman–Crippen MR) is 100 cm³/mol. The van der Waals surface area contributed by atoms with Crippen molar-refractivity contribution in [3.8, 4) is 0 Å². The third kappa shape index (κ3) is 4.56. The van der Waals surface area contributed by atoms with E-state index in [-0.39, 0.29) is 23.4 Å². The van der Waals surface area contributed by atoms with Gasteiger partial charge in [0.2, 0.25) is 5.91 Å². The molecular formula is C18H24N4O3S. The number of amides is 1. The standard InChI is InChI=1S/C18H24N4O3S/c1-25-11-5-10-22-17(24)20-21-18(22)26-12-16(23)19-15-9-4-7-13-6-2-3-8-14(13)15/h2-3,6,8,15H,4-5,7,9-12H2,1H3,(H,19,23)(H,20,24)/t15-/m1/s1. The number of aromatic amines is 1. The first kappa shape index (κ1) is 18.7. The van der Waals surface area contributed by atoms with E-state index in [1.165, 1.54) is 22.9 Å². The Balaban J connectivity index is 1.56. The molecular weight excluding hydrogens is 352 g/mol. The number of thioether (sulfide) groups is 1. The quantitative estimate of drug-likeness (QED) is 0.543. The first-order valence-corrected chi connectivity index (χ1v) is 9.81. The fourth-order valence-corrected chi connectivity index (χ4v) is 4.03. The molecule has 0 saturated heterocycles. The van der Waals surface area contributed by atoms with Crippen LogP contribution in [0.2, 0.25) is 0 Å². The zero-order valence-corrected chi connectivity index (χ0v) is 15.7. The van der Waals surface area contributed by atoms with Crippen molar-refractivity contribution in [1.29, 1.82) is 0 Å². The number of aryl methyl sites for hydroxylation is 1. The number of aromatic nitrogens is 3. The lowest BCUT2D eigenvalue weighted by Crippen LogP contribution is -2.32. The second-order valence-corrected chi connectivity index (χ2v) is 7.25. The molecule has 1 aliphatic carbocycles. The lowest BCUT2D eigenvalue weighted by molar-refractivity contribution is -0.119. The summed E-state index contributed by atoms with van der Waals surface area (Å²) in [6.07, 6.45) is 3.82. The van der Waals surface area contributed by atoms with E-state index in [0.717, 1.165) is 19.3 Å². The number of H-pyrrole nitrogens is 1. The maximum absolute atomic E-state index is 12.4. The SMILES string of the molecule is COCCCn1c(SCC(=O)N[C@@H]2CCCc3ccccc32)n[nH]c1=O. The summed E-state index contributed by atoms with van der Waals surface area (Å²) >= 11 is 1.27. The van der Waals surface area contributed by atoms with Gasteiger partial charge < -0.3 is 10.1 Å². The van der Waals surface area contributed by atoms with Gasteiger partial charge in [-0.3, -0.25) is 9.36 Å². The van der Waals surface area contributed by atoms with Crippen LogP contribution in [0.5, 0.6) is 0 Å². The summed E-state index contributed by atoms with van der Waals surface area (Å²) < 4.78 is 6.56. The molecule has 8 heteroatoms. The molecule has 1 aromatic carbocycles. The molecule has 1 heterocycles. The minimum absolute atomic E-state index is 0.0457. The molecule has 26 heavy (non-hydrogen) atoms. The van der Waals surface area contributed by atoms with Crippen molar-refractivity contribution >= 4 is 17.7 Å². The molecule has 0 bridgehead atoms. The first-order chi connectivity index (χ1) is 12.7. The fraction of sp³-hybridized carbons (Fsp3) is 0.500. The molecule has 1 aliphatic rings. The molecule has 0 saturated carbocycles. The Morgan fingerprint density at radius 1 is 1.46 bits per heavy atom. The monoisotopic (exact) mass is 376 g/mol. The lowest BCUT2D eigenvalue weighted by Gasteiger charge is -2.26.